The summed E-state index contributed by atoms with van der Waals surface area (Å²) in [5.41, 5.74) is 2.46. The molecule has 124 valence electrons. The van der Waals surface area contributed by atoms with Crippen LogP contribution < -0.4 is 10.1 Å². The molecule has 0 bridgehead atoms. The predicted molar refractivity (Wildman–Crippen MR) is 101 cm³/mol. The average molecular weight is 319 g/mol. The molecule has 0 aromatic heterocycles. The molecule has 1 N–H and O–H groups in total. The van der Waals surface area contributed by atoms with Crippen molar-refractivity contribution in [1.82, 2.24) is 5.32 Å². The van der Waals surface area contributed by atoms with E-state index in [2.05, 4.69) is 60.8 Å². The van der Waals surface area contributed by atoms with Crippen molar-refractivity contribution in [3.8, 4) is 5.75 Å². The highest BCUT2D eigenvalue weighted by atomic mass is 16.5. The summed E-state index contributed by atoms with van der Waals surface area (Å²) in [5.74, 6) is 0.962. The lowest BCUT2D eigenvalue weighted by molar-refractivity contribution is 0.309. The lowest BCUT2D eigenvalue weighted by Crippen LogP contribution is -2.14. The van der Waals surface area contributed by atoms with Crippen molar-refractivity contribution in [1.29, 1.82) is 0 Å². The first kappa shape index (κ1) is 16.5. The number of unbranched alkanes of at least 4 members (excludes halogenated alkanes) is 1. The summed E-state index contributed by atoms with van der Waals surface area (Å²) in [6.45, 7) is 4.75. The average Bonchev–Trinajstić information content (AvgIpc) is 2.64. The van der Waals surface area contributed by atoms with E-state index in [1.54, 1.807) is 0 Å². The zero-order valence-electron chi connectivity index (χ0n) is 14.3. The van der Waals surface area contributed by atoms with Crippen molar-refractivity contribution in [3.05, 3.63) is 77.9 Å². The highest BCUT2D eigenvalue weighted by molar-refractivity contribution is 5.89. The van der Waals surface area contributed by atoms with E-state index in [-0.39, 0.29) is 0 Å². The van der Waals surface area contributed by atoms with Gasteiger partial charge in [0.25, 0.3) is 0 Å². The van der Waals surface area contributed by atoms with Gasteiger partial charge in [-0.1, -0.05) is 67.9 Å². The van der Waals surface area contributed by atoms with Crippen molar-refractivity contribution in [2.45, 2.75) is 32.9 Å². The molecule has 3 rings (SSSR count). The standard InChI is InChI=1S/C22H25NO/c1-2-3-13-23-16-19-14-20-11-7-8-12-21(20)22(15-19)24-17-18-9-5-4-6-10-18/h4-12,14-15,23H,2-3,13,16-17H2,1H3. The van der Waals surface area contributed by atoms with Crippen molar-refractivity contribution >= 4 is 10.8 Å². The molecule has 0 heterocycles. The second-order valence-electron chi connectivity index (χ2n) is 6.12. The van der Waals surface area contributed by atoms with E-state index < -0.39 is 0 Å². The van der Waals surface area contributed by atoms with Gasteiger partial charge in [-0.15, -0.1) is 0 Å². The minimum atomic E-state index is 0.595. The van der Waals surface area contributed by atoms with Gasteiger partial charge >= 0.3 is 0 Å². The van der Waals surface area contributed by atoms with Gasteiger partial charge in [0.1, 0.15) is 12.4 Å². The highest BCUT2D eigenvalue weighted by Crippen LogP contribution is 2.28. The normalized spacial score (nSPS) is 10.9. The van der Waals surface area contributed by atoms with Gasteiger partial charge in [0.2, 0.25) is 0 Å². The van der Waals surface area contributed by atoms with Gasteiger partial charge in [-0.25, -0.2) is 0 Å². The number of hydrogen-bond acceptors (Lipinski definition) is 2. The smallest absolute Gasteiger partial charge is 0.127 e. The van der Waals surface area contributed by atoms with Crippen molar-refractivity contribution in [2.75, 3.05) is 6.54 Å². The lowest BCUT2D eigenvalue weighted by Gasteiger charge is -2.13. The molecule has 0 spiro atoms. The van der Waals surface area contributed by atoms with E-state index >= 15 is 0 Å². The van der Waals surface area contributed by atoms with Crippen molar-refractivity contribution in [3.63, 3.8) is 0 Å². The molecule has 2 heteroatoms. The van der Waals surface area contributed by atoms with Gasteiger partial charge in [-0.05, 0) is 41.6 Å². The van der Waals surface area contributed by atoms with E-state index in [4.69, 9.17) is 4.74 Å². The SMILES string of the molecule is CCCCNCc1cc(OCc2ccccc2)c2ccccc2c1. The lowest BCUT2D eigenvalue weighted by atomic mass is 10.1. The van der Waals surface area contributed by atoms with Gasteiger partial charge in [0.05, 0.1) is 0 Å². The Morgan fingerprint density at radius 2 is 1.67 bits per heavy atom. The van der Waals surface area contributed by atoms with Gasteiger partial charge in [-0.3, -0.25) is 0 Å². The second kappa shape index (κ2) is 8.51. The van der Waals surface area contributed by atoms with E-state index in [0.717, 1.165) is 18.8 Å². The summed E-state index contributed by atoms with van der Waals surface area (Å²) in [6.07, 6.45) is 2.43. The van der Waals surface area contributed by atoms with E-state index in [1.807, 2.05) is 18.2 Å². The largest absolute Gasteiger partial charge is 0.488 e. The molecular formula is C22H25NO. The molecule has 0 atom stereocenters. The predicted octanol–water partition coefficient (Wildman–Crippen LogP) is 5.31. The summed E-state index contributed by atoms with van der Waals surface area (Å²) in [5, 5.41) is 5.92. The number of hydrogen-bond donors (Lipinski definition) is 1. The van der Waals surface area contributed by atoms with Gasteiger partial charge < -0.3 is 10.1 Å². The Hall–Kier alpha value is -2.32. The van der Waals surface area contributed by atoms with Gasteiger partial charge in [0, 0.05) is 11.9 Å². The first-order valence-electron chi connectivity index (χ1n) is 8.76. The summed E-state index contributed by atoms with van der Waals surface area (Å²) in [6, 6.07) is 23.2. The first-order valence-corrected chi connectivity index (χ1v) is 8.76. The fraction of sp³-hybridized carbons (Fsp3) is 0.273. The summed E-state index contributed by atoms with van der Waals surface area (Å²) in [4.78, 5) is 0. The molecular weight excluding hydrogens is 294 g/mol. The zero-order valence-corrected chi connectivity index (χ0v) is 14.3. The number of nitrogens with one attached hydrogen (secondary N) is 1. The molecule has 0 unspecified atom stereocenters. The van der Waals surface area contributed by atoms with E-state index in [1.165, 1.54) is 34.7 Å². The molecule has 3 aromatic carbocycles. The second-order valence-corrected chi connectivity index (χ2v) is 6.12. The van der Waals surface area contributed by atoms with Crippen LogP contribution in [0.2, 0.25) is 0 Å². The molecule has 0 aliphatic rings. The Morgan fingerprint density at radius 3 is 2.50 bits per heavy atom. The van der Waals surface area contributed by atoms with Gasteiger partial charge in [0.15, 0.2) is 0 Å². The Morgan fingerprint density at radius 1 is 0.875 bits per heavy atom. The number of fused-ring (bicyclic) bond motifs is 1. The molecule has 0 amide bonds. The maximum absolute atomic E-state index is 6.15. The minimum Gasteiger partial charge on any atom is -0.488 e. The van der Waals surface area contributed by atoms with Crippen LogP contribution in [-0.4, -0.2) is 6.54 Å². The Bertz CT molecular complexity index is 767. The van der Waals surface area contributed by atoms with Crippen LogP contribution in [-0.2, 0) is 13.2 Å². The van der Waals surface area contributed by atoms with Crippen LogP contribution in [0.25, 0.3) is 10.8 Å². The monoisotopic (exact) mass is 319 g/mol. The first-order chi connectivity index (χ1) is 11.9. The maximum atomic E-state index is 6.15. The third-order valence-corrected chi connectivity index (χ3v) is 4.16. The topological polar surface area (TPSA) is 21.3 Å². The summed E-state index contributed by atoms with van der Waals surface area (Å²) in [7, 11) is 0. The molecule has 0 fully saturated rings. The molecule has 0 radical (unpaired) electrons. The molecule has 24 heavy (non-hydrogen) atoms. The number of benzene rings is 3. The molecule has 0 aliphatic heterocycles. The van der Waals surface area contributed by atoms with Crippen LogP contribution in [0.15, 0.2) is 66.7 Å². The maximum Gasteiger partial charge on any atom is 0.127 e. The van der Waals surface area contributed by atoms with Crippen LogP contribution >= 0.6 is 0 Å². The van der Waals surface area contributed by atoms with Crippen LogP contribution in [0.3, 0.4) is 0 Å². The summed E-state index contributed by atoms with van der Waals surface area (Å²) >= 11 is 0. The number of rotatable bonds is 8. The van der Waals surface area contributed by atoms with Crippen molar-refractivity contribution < 1.29 is 4.74 Å². The van der Waals surface area contributed by atoms with Crippen LogP contribution in [0, 0.1) is 0 Å². The van der Waals surface area contributed by atoms with Crippen molar-refractivity contribution in [2.24, 2.45) is 0 Å². The Kier molecular flexibility index (Phi) is 5.86. The zero-order chi connectivity index (χ0) is 16.6. The molecule has 0 saturated carbocycles. The number of ether oxygens (including phenoxy) is 1. The fourth-order valence-corrected chi connectivity index (χ4v) is 2.83. The molecule has 2 nitrogen and oxygen atoms in total. The Labute approximate surface area is 144 Å². The fourth-order valence-electron chi connectivity index (χ4n) is 2.83. The molecule has 0 saturated heterocycles. The third-order valence-electron chi connectivity index (χ3n) is 4.16. The van der Waals surface area contributed by atoms with Crippen LogP contribution in [0.5, 0.6) is 5.75 Å². The van der Waals surface area contributed by atoms with Crippen LogP contribution in [0.4, 0.5) is 0 Å². The molecule has 3 aromatic rings. The van der Waals surface area contributed by atoms with E-state index in [0.29, 0.717) is 6.61 Å². The third kappa shape index (κ3) is 4.36. The Balaban J connectivity index is 1.78. The van der Waals surface area contributed by atoms with Crippen LogP contribution in [0.1, 0.15) is 30.9 Å². The quantitative estimate of drug-likeness (QED) is 0.568. The van der Waals surface area contributed by atoms with Gasteiger partial charge in [-0.2, -0.15) is 0 Å². The molecule has 0 aliphatic carbocycles. The highest BCUT2D eigenvalue weighted by Gasteiger charge is 2.06. The summed E-state index contributed by atoms with van der Waals surface area (Å²) < 4.78 is 6.15. The minimum absolute atomic E-state index is 0.595. The van der Waals surface area contributed by atoms with E-state index in [9.17, 15) is 0 Å².